The lowest BCUT2D eigenvalue weighted by Crippen LogP contribution is -2.36. The van der Waals surface area contributed by atoms with E-state index in [1.54, 1.807) is 40.1 Å². The Bertz CT molecular complexity index is 1410. The number of rotatable bonds is 3. The second-order valence-corrected chi connectivity index (χ2v) is 8.45. The zero-order valence-corrected chi connectivity index (χ0v) is 18.4. The number of alkyl halides is 3. The first kappa shape index (κ1) is 22.7. The minimum atomic E-state index is -4.56. The number of nitriles is 1. The Morgan fingerprint density at radius 3 is 2.40 bits per heavy atom. The highest BCUT2D eigenvalue weighted by atomic mass is 19.4. The summed E-state index contributed by atoms with van der Waals surface area (Å²) in [5, 5.41) is 10.3. The van der Waals surface area contributed by atoms with Crippen molar-refractivity contribution in [3.05, 3.63) is 107 Å². The van der Waals surface area contributed by atoms with Crippen LogP contribution in [0.4, 0.5) is 23.2 Å². The summed E-state index contributed by atoms with van der Waals surface area (Å²) in [5.41, 5.74) is 0.799. The molecule has 2 aliphatic rings. The number of Topliss-reactive ketones (excluding diaryl/α,β-unsaturated/α-hetero) is 1. The summed E-state index contributed by atoms with van der Waals surface area (Å²) < 4.78 is 56.6. The van der Waals surface area contributed by atoms with Crippen LogP contribution in [0.1, 0.15) is 36.3 Å². The number of aromatic nitrogens is 1. The number of carbonyl (C=O) groups excluding carboxylic acids is 1. The third kappa shape index (κ3) is 3.93. The summed E-state index contributed by atoms with van der Waals surface area (Å²) in [6.07, 6.45) is -0.00177. The van der Waals surface area contributed by atoms with Crippen LogP contribution in [0.2, 0.25) is 0 Å². The van der Waals surface area contributed by atoms with Gasteiger partial charge in [-0.3, -0.25) is 9.69 Å². The van der Waals surface area contributed by atoms with Crippen LogP contribution in [0, 0.1) is 17.1 Å². The van der Waals surface area contributed by atoms with Gasteiger partial charge in [0.1, 0.15) is 11.6 Å². The Kier molecular flexibility index (Phi) is 5.56. The van der Waals surface area contributed by atoms with E-state index in [1.165, 1.54) is 30.3 Å². The van der Waals surface area contributed by atoms with Crippen LogP contribution >= 0.6 is 0 Å². The average molecular weight is 477 g/mol. The molecule has 176 valence electrons. The summed E-state index contributed by atoms with van der Waals surface area (Å²) in [6, 6.07) is 16.2. The van der Waals surface area contributed by atoms with Crippen molar-refractivity contribution in [2.75, 3.05) is 4.90 Å². The van der Waals surface area contributed by atoms with Crippen LogP contribution in [0.3, 0.4) is 0 Å². The lowest BCUT2D eigenvalue weighted by atomic mass is 9.75. The predicted octanol–water partition coefficient (Wildman–Crippen LogP) is 6.65. The Morgan fingerprint density at radius 2 is 1.71 bits per heavy atom. The quantitative estimate of drug-likeness (QED) is 0.397. The Labute approximate surface area is 199 Å². The molecule has 2 aromatic carbocycles. The molecule has 8 heteroatoms. The lowest BCUT2D eigenvalue weighted by molar-refractivity contribution is -0.137. The van der Waals surface area contributed by atoms with Gasteiger partial charge in [0.2, 0.25) is 0 Å². The number of anilines is 1. The van der Waals surface area contributed by atoms with Crippen LogP contribution in [0.25, 0.3) is 5.82 Å². The van der Waals surface area contributed by atoms with Crippen molar-refractivity contribution in [1.29, 1.82) is 5.26 Å². The maximum Gasteiger partial charge on any atom is 0.416 e. The number of carbonyl (C=O) groups is 1. The summed E-state index contributed by atoms with van der Waals surface area (Å²) in [7, 11) is 0. The molecule has 0 amide bonds. The van der Waals surface area contributed by atoms with Crippen molar-refractivity contribution in [2.45, 2.75) is 31.4 Å². The molecule has 2 heterocycles. The molecule has 0 spiro atoms. The van der Waals surface area contributed by atoms with Gasteiger partial charge in [0.05, 0.1) is 23.1 Å². The molecule has 1 aliphatic carbocycles. The number of hydrogen-bond acceptors (Lipinski definition) is 3. The molecule has 0 N–H and O–H groups in total. The van der Waals surface area contributed by atoms with Gasteiger partial charge in [-0.25, -0.2) is 4.39 Å². The monoisotopic (exact) mass is 477 g/mol. The van der Waals surface area contributed by atoms with E-state index in [0.29, 0.717) is 35.5 Å². The van der Waals surface area contributed by atoms with Crippen LogP contribution in [0.15, 0.2) is 89.9 Å². The molecule has 1 aliphatic heterocycles. The summed E-state index contributed by atoms with van der Waals surface area (Å²) in [5.74, 6) is -1.22. The van der Waals surface area contributed by atoms with E-state index in [0.717, 1.165) is 12.1 Å². The third-order valence-electron chi connectivity index (χ3n) is 6.31. The first-order chi connectivity index (χ1) is 16.8. The van der Waals surface area contributed by atoms with E-state index in [1.807, 2.05) is 0 Å². The molecular formula is C27H19F4N3O. The predicted molar refractivity (Wildman–Crippen MR) is 122 cm³/mol. The third-order valence-corrected chi connectivity index (χ3v) is 6.31. The molecule has 35 heavy (non-hydrogen) atoms. The van der Waals surface area contributed by atoms with Gasteiger partial charge in [-0.1, -0.05) is 18.2 Å². The summed E-state index contributed by atoms with van der Waals surface area (Å²) in [4.78, 5) is 14.8. The SMILES string of the molecule is N#CC1=C(n2cccc2)N(c2cccc(C(F)(F)F)c2)C2=C(C(=O)CCC2)C1c1cccc(F)c1. The van der Waals surface area contributed by atoms with Crippen molar-refractivity contribution in [1.82, 2.24) is 4.57 Å². The number of halogens is 4. The van der Waals surface area contributed by atoms with E-state index >= 15 is 0 Å². The summed E-state index contributed by atoms with van der Waals surface area (Å²) >= 11 is 0. The van der Waals surface area contributed by atoms with E-state index in [-0.39, 0.29) is 23.5 Å². The van der Waals surface area contributed by atoms with Gasteiger partial charge in [0.15, 0.2) is 5.78 Å². The molecule has 0 radical (unpaired) electrons. The van der Waals surface area contributed by atoms with Crippen molar-refractivity contribution in [2.24, 2.45) is 0 Å². The van der Waals surface area contributed by atoms with Crippen LogP contribution in [-0.4, -0.2) is 10.4 Å². The maximum atomic E-state index is 14.2. The summed E-state index contributed by atoms with van der Waals surface area (Å²) in [6.45, 7) is 0. The molecule has 1 atom stereocenters. The second kappa shape index (κ2) is 8.58. The van der Waals surface area contributed by atoms with Crippen LogP contribution in [-0.2, 0) is 11.0 Å². The number of allylic oxidation sites excluding steroid dienone is 3. The van der Waals surface area contributed by atoms with E-state index in [9.17, 15) is 27.6 Å². The Hall–Kier alpha value is -4.12. The smallest absolute Gasteiger partial charge is 0.309 e. The highest BCUT2D eigenvalue weighted by Gasteiger charge is 2.42. The first-order valence-electron chi connectivity index (χ1n) is 11.1. The van der Waals surface area contributed by atoms with Crippen LogP contribution in [0.5, 0.6) is 0 Å². The normalized spacial score (nSPS) is 18.5. The second-order valence-electron chi connectivity index (χ2n) is 8.45. The molecule has 3 aromatic rings. The van der Waals surface area contributed by atoms with Crippen molar-refractivity contribution < 1.29 is 22.4 Å². The van der Waals surface area contributed by atoms with E-state index < -0.39 is 23.5 Å². The molecule has 0 saturated heterocycles. The van der Waals surface area contributed by atoms with Crippen molar-refractivity contribution in [3.63, 3.8) is 0 Å². The van der Waals surface area contributed by atoms with E-state index in [2.05, 4.69) is 6.07 Å². The number of hydrogen-bond donors (Lipinski definition) is 0. The van der Waals surface area contributed by atoms with Gasteiger partial charge in [-0.2, -0.15) is 18.4 Å². The van der Waals surface area contributed by atoms with Gasteiger partial charge in [0.25, 0.3) is 0 Å². The fourth-order valence-electron chi connectivity index (χ4n) is 4.89. The topological polar surface area (TPSA) is 49.0 Å². The molecule has 1 aromatic heterocycles. The first-order valence-corrected chi connectivity index (χ1v) is 11.1. The molecule has 0 saturated carbocycles. The molecule has 1 unspecified atom stereocenters. The van der Waals surface area contributed by atoms with Crippen LogP contribution < -0.4 is 4.90 Å². The fraction of sp³-hybridized carbons (Fsp3) is 0.185. The highest BCUT2D eigenvalue weighted by Crippen LogP contribution is 2.49. The van der Waals surface area contributed by atoms with Gasteiger partial charge in [-0.15, -0.1) is 0 Å². The molecule has 5 rings (SSSR count). The largest absolute Gasteiger partial charge is 0.416 e. The molecule has 0 fully saturated rings. The highest BCUT2D eigenvalue weighted by molar-refractivity contribution is 6.03. The Balaban J connectivity index is 1.84. The minimum absolute atomic E-state index is 0.151. The maximum absolute atomic E-state index is 14.2. The lowest BCUT2D eigenvalue weighted by Gasteiger charge is -2.41. The van der Waals surface area contributed by atoms with E-state index in [4.69, 9.17) is 0 Å². The number of ketones is 1. The minimum Gasteiger partial charge on any atom is -0.309 e. The number of nitrogens with zero attached hydrogens (tertiary/aromatic N) is 3. The molecule has 4 nitrogen and oxygen atoms in total. The Morgan fingerprint density at radius 1 is 0.971 bits per heavy atom. The van der Waals surface area contributed by atoms with Gasteiger partial charge >= 0.3 is 6.18 Å². The number of benzene rings is 2. The molecule has 0 bridgehead atoms. The van der Waals surface area contributed by atoms with Gasteiger partial charge in [0, 0.05) is 35.8 Å². The van der Waals surface area contributed by atoms with Gasteiger partial charge in [-0.05, 0) is 60.9 Å². The standard InChI is InChI=1S/C27H19F4N3O/c28-19-8-3-6-17(14-19)24-21(16-32)26(33-12-1-2-13-33)34(22-10-5-11-23(35)25(22)24)20-9-4-7-18(15-20)27(29,30)31/h1-4,6-9,12-15,24H,5,10-11H2. The molecular weight excluding hydrogens is 458 g/mol. The zero-order valence-electron chi connectivity index (χ0n) is 18.4. The zero-order chi connectivity index (χ0) is 24.7. The fourth-order valence-corrected chi connectivity index (χ4v) is 4.89. The average Bonchev–Trinajstić information content (AvgIpc) is 3.37. The van der Waals surface area contributed by atoms with Crippen molar-refractivity contribution >= 4 is 17.3 Å². The van der Waals surface area contributed by atoms with Gasteiger partial charge < -0.3 is 4.57 Å². The van der Waals surface area contributed by atoms with Crippen molar-refractivity contribution in [3.8, 4) is 6.07 Å².